The van der Waals surface area contributed by atoms with Gasteiger partial charge in [-0.05, 0) is 43.0 Å². The molecule has 0 heterocycles. The first-order valence-electron chi connectivity index (χ1n) is 6.81. The highest BCUT2D eigenvalue weighted by Gasteiger charge is 2.26. The number of aryl methyl sites for hydroxylation is 1. The molecule has 0 saturated heterocycles. The van der Waals surface area contributed by atoms with Gasteiger partial charge in [-0.1, -0.05) is 23.7 Å². The molecule has 1 fully saturated rings. The van der Waals surface area contributed by atoms with Gasteiger partial charge >= 0.3 is 11.8 Å². The van der Waals surface area contributed by atoms with E-state index in [0.717, 1.165) is 24.0 Å². The topological polar surface area (TPSA) is 87.3 Å². The van der Waals surface area contributed by atoms with Crippen molar-refractivity contribution in [3.05, 3.63) is 40.4 Å². The minimum atomic E-state index is -0.896. The molecule has 22 heavy (non-hydrogen) atoms. The number of amides is 3. The van der Waals surface area contributed by atoms with E-state index in [0.29, 0.717) is 5.02 Å². The lowest BCUT2D eigenvalue weighted by molar-refractivity contribution is -0.140. The summed E-state index contributed by atoms with van der Waals surface area (Å²) in [5.41, 5.74) is 5.87. The lowest BCUT2D eigenvalue weighted by atomic mass is 10.1. The number of hydrogen-bond acceptors (Lipinski definition) is 3. The fourth-order valence-electron chi connectivity index (χ4n) is 1.58. The summed E-state index contributed by atoms with van der Waals surface area (Å²) in [5.74, 6) is -2.20. The average Bonchev–Trinajstić information content (AvgIpc) is 3.29. The Kier molecular flexibility index (Phi) is 5.16. The van der Waals surface area contributed by atoms with Crippen LogP contribution in [0.3, 0.4) is 0 Å². The second-order valence-corrected chi connectivity index (χ2v) is 5.44. The van der Waals surface area contributed by atoms with Gasteiger partial charge in [-0.15, -0.1) is 0 Å². The summed E-state index contributed by atoms with van der Waals surface area (Å²) in [6.07, 6.45) is 4.55. The van der Waals surface area contributed by atoms with Crippen molar-refractivity contribution in [3.63, 3.8) is 0 Å². The molecule has 0 spiro atoms. The second-order valence-electron chi connectivity index (χ2n) is 5.03. The van der Waals surface area contributed by atoms with Crippen LogP contribution in [-0.2, 0) is 14.4 Å². The zero-order valence-electron chi connectivity index (χ0n) is 12.0. The van der Waals surface area contributed by atoms with Crippen molar-refractivity contribution in [1.82, 2.24) is 16.2 Å². The number of nitrogens with one attached hydrogen (secondary N) is 3. The largest absolute Gasteiger partial charge is 0.345 e. The second kappa shape index (κ2) is 7.09. The Bertz CT molecular complexity index is 639. The Morgan fingerprint density at radius 2 is 1.91 bits per heavy atom. The zero-order valence-corrected chi connectivity index (χ0v) is 12.7. The van der Waals surface area contributed by atoms with E-state index in [4.69, 9.17) is 11.6 Å². The fourth-order valence-corrected chi connectivity index (χ4v) is 1.77. The normalized spacial score (nSPS) is 13.7. The van der Waals surface area contributed by atoms with Gasteiger partial charge in [0.2, 0.25) is 0 Å². The Morgan fingerprint density at radius 1 is 1.18 bits per heavy atom. The van der Waals surface area contributed by atoms with E-state index >= 15 is 0 Å². The van der Waals surface area contributed by atoms with Crippen molar-refractivity contribution in [2.75, 3.05) is 0 Å². The summed E-state index contributed by atoms with van der Waals surface area (Å²) in [6, 6.07) is 5.46. The third-order valence-electron chi connectivity index (χ3n) is 3.04. The van der Waals surface area contributed by atoms with Crippen molar-refractivity contribution in [3.8, 4) is 0 Å². The maximum Gasteiger partial charge on any atom is 0.327 e. The molecular formula is C15H16ClN3O3. The molecule has 0 aliphatic heterocycles. The van der Waals surface area contributed by atoms with Gasteiger partial charge < -0.3 is 5.32 Å². The molecular weight excluding hydrogens is 306 g/mol. The van der Waals surface area contributed by atoms with Crippen molar-refractivity contribution >= 4 is 35.4 Å². The van der Waals surface area contributed by atoms with Gasteiger partial charge in [0, 0.05) is 17.1 Å². The number of carbonyl (C=O) groups is 3. The number of benzene rings is 1. The van der Waals surface area contributed by atoms with Crippen molar-refractivity contribution in [2.45, 2.75) is 25.8 Å². The molecule has 1 aliphatic carbocycles. The average molecular weight is 322 g/mol. The first-order valence-corrected chi connectivity index (χ1v) is 7.18. The summed E-state index contributed by atoms with van der Waals surface area (Å²) in [4.78, 5) is 34.3. The van der Waals surface area contributed by atoms with E-state index in [-0.39, 0.29) is 6.04 Å². The molecule has 0 aromatic heterocycles. The quantitative estimate of drug-likeness (QED) is 0.442. The first kappa shape index (κ1) is 16.0. The maximum absolute atomic E-state index is 11.6. The van der Waals surface area contributed by atoms with E-state index in [9.17, 15) is 14.4 Å². The number of halogens is 1. The minimum absolute atomic E-state index is 0.0835. The van der Waals surface area contributed by atoms with E-state index < -0.39 is 17.7 Å². The smallest absolute Gasteiger partial charge is 0.327 e. The van der Waals surface area contributed by atoms with Crippen LogP contribution < -0.4 is 16.2 Å². The van der Waals surface area contributed by atoms with Crippen molar-refractivity contribution in [2.24, 2.45) is 0 Å². The summed E-state index contributed by atoms with van der Waals surface area (Å²) in [5, 5.41) is 3.12. The molecule has 3 amide bonds. The van der Waals surface area contributed by atoms with Gasteiger partial charge in [0.05, 0.1) is 0 Å². The molecule has 116 valence electrons. The number of hydrazine groups is 1. The van der Waals surface area contributed by atoms with Crippen LogP contribution in [0.5, 0.6) is 0 Å². The highest BCUT2D eigenvalue weighted by Crippen LogP contribution is 2.18. The van der Waals surface area contributed by atoms with E-state index in [1.807, 2.05) is 24.5 Å². The van der Waals surface area contributed by atoms with Crippen LogP contribution in [0.25, 0.3) is 6.08 Å². The van der Waals surface area contributed by atoms with Crippen LogP contribution in [0, 0.1) is 6.92 Å². The van der Waals surface area contributed by atoms with Crippen LogP contribution in [-0.4, -0.2) is 23.8 Å². The van der Waals surface area contributed by atoms with Crippen LogP contribution >= 0.6 is 11.6 Å². The Morgan fingerprint density at radius 3 is 2.55 bits per heavy atom. The van der Waals surface area contributed by atoms with Crippen LogP contribution in [0.2, 0.25) is 5.02 Å². The Hall–Kier alpha value is -2.34. The van der Waals surface area contributed by atoms with E-state index in [2.05, 4.69) is 10.7 Å². The molecule has 7 heteroatoms. The molecule has 1 saturated carbocycles. The first-order chi connectivity index (χ1) is 10.5. The molecule has 6 nitrogen and oxygen atoms in total. The standard InChI is InChI=1S/C15H16ClN3O3/c1-9-2-3-10(8-12(9)16)4-7-13(20)18-19-15(22)14(21)17-11-5-6-11/h2-4,7-8,11H,5-6H2,1H3,(H,17,21)(H,18,20)(H,19,22)/b7-4+. The molecule has 2 rings (SSSR count). The van der Waals surface area contributed by atoms with E-state index in [1.165, 1.54) is 6.08 Å². The zero-order chi connectivity index (χ0) is 16.1. The Balaban J connectivity index is 1.79. The summed E-state index contributed by atoms with van der Waals surface area (Å²) < 4.78 is 0. The lowest BCUT2D eigenvalue weighted by Crippen LogP contribution is -2.48. The molecule has 1 aliphatic rings. The predicted molar refractivity (Wildman–Crippen MR) is 82.7 cm³/mol. The summed E-state index contributed by atoms with van der Waals surface area (Å²) >= 11 is 5.98. The van der Waals surface area contributed by atoms with E-state index in [1.54, 1.807) is 12.1 Å². The van der Waals surface area contributed by atoms with Gasteiger partial charge in [0.15, 0.2) is 0 Å². The lowest BCUT2D eigenvalue weighted by Gasteiger charge is -2.05. The van der Waals surface area contributed by atoms with Crippen molar-refractivity contribution in [1.29, 1.82) is 0 Å². The SMILES string of the molecule is Cc1ccc(/C=C/C(=O)NNC(=O)C(=O)NC2CC2)cc1Cl. The molecule has 0 unspecified atom stereocenters. The van der Waals surface area contributed by atoms with Gasteiger partial charge in [-0.2, -0.15) is 0 Å². The maximum atomic E-state index is 11.6. The number of carbonyl (C=O) groups excluding carboxylic acids is 3. The highest BCUT2D eigenvalue weighted by atomic mass is 35.5. The predicted octanol–water partition coefficient (Wildman–Crippen LogP) is 1.09. The van der Waals surface area contributed by atoms with Crippen LogP contribution in [0.15, 0.2) is 24.3 Å². The van der Waals surface area contributed by atoms with Gasteiger partial charge in [-0.25, -0.2) is 0 Å². The van der Waals surface area contributed by atoms with Crippen LogP contribution in [0.4, 0.5) is 0 Å². The monoisotopic (exact) mass is 321 g/mol. The molecule has 3 N–H and O–H groups in total. The number of rotatable bonds is 3. The molecule has 0 bridgehead atoms. The minimum Gasteiger partial charge on any atom is -0.345 e. The molecule has 1 aromatic carbocycles. The van der Waals surface area contributed by atoms with Crippen molar-refractivity contribution < 1.29 is 14.4 Å². The highest BCUT2D eigenvalue weighted by molar-refractivity contribution is 6.35. The molecule has 0 radical (unpaired) electrons. The molecule has 0 atom stereocenters. The summed E-state index contributed by atoms with van der Waals surface area (Å²) in [6.45, 7) is 1.88. The third-order valence-corrected chi connectivity index (χ3v) is 3.45. The molecule has 1 aromatic rings. The number of hydrogen-bond donors (Lipinski definition) is 3. The van der Waals surface area contributed by atoms with Gasteiger partial charge in [-0.3, -0.25) is 25.2 Å². The summed E-state index contributed by atoms with van der Waals surface area (Å²) in [7, 11) is 0. The Labute approximate surface area is 132 Å². The van der Waals surface area contributed by atoms with Crippen LogP contribution in [0.1, 0.15) is 24.0 Å². The van der Waals surface area contributed by atoms with Gasteiger partial charge in [0.25, 0.3) is 5.91 Å². The van der Waals surface area contributed by atoms with Gasteiger partial charge in [0.1, 0.15) is 0 Å². The third kappa shape index (κ3) is 4.89. The fraction of sp³-hybridized carbons (Fsp3) is 0.267.